The van der Waals surface area contributed by atoms with Crippen LogP contribution in [0, 0.1) is 0 Å². The third-order valence-electron chi connectivity index (χ3n) is 5.80. The van der Waals surface area contributed by atoms with Gasteiger partial charge in [0, 0.05) is 17.9 Å². The molecule has 1 fully saturated rings. The fourth-order valence-corrected chi connectivity index (χ4v) is 4.34. The van der Waals surface area contributed by atoms with E-state index in [4.69, 9.17) is 21.1 Å². The van der Waals surface area contributed by atoms with E-state index in [1.807, 2.05) is 6.07 Å². The van der Waals surface area contributed by atoms with E-state index in [0.29, 0.717) is 37.3 Å². The van der Waals surface area contributed by atoms with Crippen LogP contribution in [0.5, 0.6) is 0 Å². The zero-order valence-electron chi connectivity index (χ0n) is 18.0. The van der Waals surface area contributed by atoms with E-state index in [1.54, 1.807) is 0 Å². The largest absolute Gasteiger partial charge is 0.394 e. The van der Waals surface area contributed by atoms with Gasteiger partial charge in [-0.25, -0.2) is 4.39 Å². The quantitative estimate of drug-likeness (QED) is 0.519. The first-order chi connectivity index (χ1) is 15.0. The predicted octanol–water partition coefficient (Wildman–Crippen LogP) is 4.60. The topological polar surface area (TPSA) is 58.9 Å². The van der Waals surface area contributed by atoms with Crippen LogP contribution < -0.4 is 0 Å². The molecule has 3 rings (SSSR count). The van der Waals surface area contributed by atoms with Crippen LogP contribution in [0.15, 0.2) is 36.4 Å². The Bertz CT molecular complexity index is 827. The van der Waals surface area contributed by atoms with E-state index in [9.17, 15) is 14.6 Å². The first kappa shape index (κ1) is 24.1. The minimum Gasteiger partial charge on any atom is -0.394 e. The maximum absolute atomic E-state index is 12.4. The summed E-state index contributed by atoms with van der Waals surface area (Å²) in [7, 11) is 0. The molecule has 0 spiro atoms. The Labute approximate surface area is 189 Å². The molecule has 170 valence electrons. The Kier molecular flexibility index (Phi) is 9.30. The Morgan fingerprint density at radius 3 is 2.52 bits per heavy atom. The third-order valence-corrected chi connectivity index (χ3v) is 6.15. The molecule has 0 aliphatic carbocycles. The minimum atomic E-state index is -0.535. The predicted molar refractivity (Wildman–Crippen MR) is 121 cm³/mol. The zero-order chi connectivity index (χ0) is 22.2. The summed E-state index contributed by atoms with van der Waals surface area (Å²) in [6, 6.07) is 12.5. The van der Waals surface area contributed by atoms with Gasteiger partial charge in [0.15, 0.2) is 0 Å². The van der Waals surface area contributed by atoms with Crippen LogP contribution in [-0.2, 0) is 28.7 Å². The summed E-state index contributed by atoms with van der Waals surface area (Å²) >= 11 is 6.64. The zero-order valence-corrected chi connectivity index (χ0v) is 18.8. The molecular formula is C25H32ClFO4. The third kappa shape index (κ3) is 6.74. The molecule has 3 atom stereocenters. The number of hydrogen-bond donors (Lipinski definition) is 2. The van der Waals surface area contributed by atoms with Crippen molar-refractivity contribution in [1.82, 2.24) is 0 Å². The lowest BCUT2D eigenvalue weighted by Gasteiger charge is -2.34. The van der Waals surface area contributed by atoms with Crippen LogP contribution in [0.3, 0.4) is 0 Å². The van der Waals surface area contributed by atoms with Crippen molar-refractivity contribution >= 4 is 11.6 Å². The van der Waals surface area contributed by atoms with Crippen LogP contribution in [0.2, 0.25) is 5.02 Å². The van der Waals surface area contributed by atoms with Crippen LogP contribution in [0.1, 0.15) is 53.7 Å². The summed E-state index contributed by atoms with van der Waals surface area (Å²) < 4.78 is 23.8. The van der Waals surface area contributed by atoms with Crippen LogP contribution in [-0.4, -0.2) is 48.9 Å². The average Bonchev–Trinajstić information content (AvgIpc) is 2.78. The van der Waals surface area contributed by atoms with Gasteiger partial charge in [-0.15, -0.1) is 0 Å². The van der Waals surface area contributed by atoms with Crippen molar-refractivity contribution in [2.24, 2.45) is 0 Å². The number of halogens is 2. The van der Waals surface area contributed by atoms with Crippen molar-refractivity contribution in [1.29, 1.82) is 0 Å². The van der Waals surface area contributed by atoms with Crippen LogP contribution >= 0.6 is 11.6 Å². The highest BCUT2D eigenvalue weighted by Gasteiger charge is 2.30. The van der Waals surface area contributed by atoms with E-state index >= 15 is 0 Å². The molecule has 4 nitrogen and oxygen atoms in total. The highest BCUT2D eigenvalue weighted by atomic mass is 35.5. The smallest absolute Gasteiger partial charge is 0.113 e. The summed E-state index contributed by atoms with van der Waals surface area (Å²) in [6.07, 6.45) is 1.87. The van der Waals surface area contributed by atoms with E-state index in [2.05, 4.69) is 37.3 Å². The van der Waals surface area contributed by atoms with E-state index in [0.717, 1.165) is 23.1 Å². The van der Waals surface area contributed by atoms with Gasteiger partial charge < -0.3 is 19.7 Å². The molecule has 3 unspecified atom stereocenters. The molecule has 0 bridgehead atoms. The SMILES string of the molecule is CCc1ccc(Cc2cc(C3CC(O)CC(CO)O3)c(CCOCCF)cc2Cl)cc1. The molecule has 2 aromatic carbocycles. The Hall–Kier alpha value is -1.50. The first-order valence-electron chi connectivity index (χ1n) is 11.0. The Morgan fingerprint density at radius 2 is 1.84 bits per heavy atom. The second-order valence-electron chi connectivity index (χ2n) is 8.10. The standard InChI is InChI=1S/C25H32ClFO4/c1-2-17-3-5-18(6-4-17)11-20-12-23(25-15-21(29)14-22(16-28)31-25)19(13-24(20)26)7-9-30-10-8-27/h3-6,12-13,21-22,25,28-29H,2,7-11,14-16H2,1H3. The molecule has 2 aromatic rings. The maximum atomic E-state index is 12.4. The van der Waals surface area contributed by atoms with Crippen molar-refractivity contribution in [3.63, 3.8) is 0 Å². The molecule has 1 aliphatic heterocycles. The summed E-state index contributed by atoms with van der Waals surface area (Å²) in [6.45, 7) is 1.93. The number of hydrogen-bond acceptors (Lipinski definition) is 4. The molecular weight excluding hydrogens is 419 g/mol. The lowest BCUT2D eigenvalue weighted by molar-refractivity contribution is -0.114. The van der Waals surface area contributed by atoms with Gasteiger partial charge in [-0.1, -0.05) is 48.9 Å². The van der Waals surface area contributed by atoms with Gasteiger partial charge in [-0.2, -0.15) is 0 Å². The average molecular weight is 451 g/mol. The van der Waals surface area contributed by atoms with Crippen molar-refractivity contribution < 1.29 is 24.1 Å². The van der Waals surface area contributed by atoms with Crippen LogP contribution in [0.4, 0.5) is 4.39 Å². The number of aryl methyl sites for hydroxylation is 1. The number of aliphatic hydroxyl groups is 2. The van der Waals surface area contributed by atoms with Gasteiger partial charge in [0.2, 0.25) is 0 Å². The lowest BCUT2D eigenvalue weighted by atomic mass is 9.89. The van der Waals surface area contributed by atoms with Gasteiger partial charge in [-0.05, 0) is 53.1 Å². The second kappa shape index (κ2) is 11.9. The molecule has 1 saturated heterocycles. The number of alkyl halides is 1. The number of aliphatic hydroxyl groups excluding tert-OH is 2. The molecule has 1 aliphatic rings. The first-order valence-corrected chi connectivity index (χ1v) is 11.4. The van der Waals surface area contributed by atoms with E-state index in [1.165, 1.54) is 11.1 Å². The van der Waals surface area contributed by atoms with Gasteiger partial charge in [0.05, 0.1) is 38.1 Å². The maximum Gasteiger partial charge on any atom is 0.113 e. The van der Waals surface area contributed by atoms with Crippen molar-refractivity contribution in [2.75, 3.05) is 26.5 Å². The monoisotopic (exact) mass is 450 g/mol. The molecule has 6 heteroatoms. The molecule has 1 heterocycles. The molecule has 0 amide bonds. The number of benzene rings is 2. The normalized spacial score (nSPS) is 21.4. The van der Waals surface area contributed by atoms with Gasteiger partial charge in [-0.3, -0.25) is 0 Å². The van der Waals surface area contributed by atoms with E-state index < -0.39 is 18.9 Å². The van der Waals surface area contributed by atoms with Crippen molar-refractivity contribution in [2.45, 2.75) is 57.3 Å². The number of rotatable bonds is 10. The summed E-state index contributed by atoms with van der Waals surface area (Å²) in [4.78, 5) is 0. The fourth-order valence-electron chi connectivity index (χ4n) is 4.09. The molecule has 0 aromatic heterocycles. The van der Waals surface area contributed by atoms with Gasteiger partial charge >= 0.3 is 0 Å². The van der Waals surface area contributed by atoms with Gasteiger partial charge in [0.25, 0.3) is 0 Å². The second-order valence-corrected chi connectivity index (χ2v) is 8.50. The van der Waals surface area contributed by atoms with Crippen molar-refractivity contribution in [3.8, 4) is 0 Å². The van der Waals surface area contributed by atoms with Crippen molar-refractivity contribution in [3.05, 3.63) is 69.2 Å². The highest BCUT2D eigenvalue weighted by Crippen LogP contribution is 2.36. The molecule has 2 N–H and O–H groups in total. The lowest BCUT2D eigenvalue weighted by Crippen LogP contribution is -2.34. The molecule has 0 radical (unpaired) electrons. The molecule has 0 saturated carbocycles. The van der Waals surface area contributed by atoms with E-state index in [-0.39, 0.29) is 19.3 Å². The summed E-state index contributed by atoms with van der Waals surface area (Å²) in [5, 5.41) is 20.5. The highest BCUT2D eigenvalue weighted by molar-refractivity contribution is 6.31. The Morgan fingerprint density at radius 1 is 1.10 bits per heavy atom. The number of ether oxygens (including phenoxy) is 2. The summed E-state index contributed by atoms with van der Waals surface area (Å²) in [5.74, 6) is 0. The van der Waals surface area contributed by atoms with Crippen LogP contribution in [0.25, 0.3) is 0 Å². The fraction of sp³-hybridized carbons (Fsp3) is 0.520. The Balaban J connectivity index is 1.88. The molecule has 31 heavy (non-hydrogen) atoms. The minimum absolute atomic E-state index is 0.0696. The van der Waals surface area contributed by atoms with Gasteiger partial charge in [0.1, 0.15) is 6.67 Å². The summed E-state index contributed by atoms with van der Waals surface area (Å²) in [5.41, 5.74) is 5.36.